The third kappa shape index (κ3) is 3.81. The molecule has 1 aliphatic heterocycles. The molecule has 0 N–H and O–H groups in total. The van der Waals surface area contributed by atoms with Crippen LogP contribution in [0.25, 0.3) is 0 Å². The minimum Gasteiger partial charge on any atom is -0.486 e. The minimum absolute atomic E-state index is 0.484. The average Bonchev–Trinajstić information content (AvgIpc) is 1.85. The highest BCUT2D eigenvalue weighted by Crippen LogP contribution is 2.23. The first-order chi connectivity index (χ1) is 5.18. The molecule has 1 nitrogen and oxygen atoms in total. The van der Waals surface area contributed by atoms with Gasteiger partial charge in [0.05, 0.1) is 0 Å². The van der Waals surface area contributed by atoms with Gasteiger partial charge in [0, 0.05) is 6.10 Å². The molecule has 0 aromatic heterocycles. The summed E-state index contributed by atoms with van der Waals surface area (Å²) < 4.78 is 5.70. The first-order valence-corrected chi connectivity index (χ1v) is 7.51. The molecule has 1 fully saturated rings. The summed E-state index contributed by atoms with van der Waals surface area (Å²) in [7, 11) is 6.01. The first kappa shape index (κ1) is 9.87. The molecule has 0 aliphatic carbocycles. The van der Waals surface area contributed by atoms with Gasteiger partial charge in [-0.05, 0) is 18.8 Å². The third-order valence-electron chi connectivity index (χ3n) is 2.03. The number of hydrogen-bond acceptors (Lipinski definition) is 1. The molecule has 11 heavy (non-hydrogen) atoms. The van der Waals surface area contributed by atoms with E-state index in [0.717, 1.165) is 11.2 Å². The van der Waals surface area contributed by atoms with E-state index >= 15 is 0 Å². The molecule has 0 radical (unpaired) electrons. The molecule has 1 saturated heterocycles. The van der Waals surface area contributed by atoms with E-state index in [0.29, 0.717) is 6.10 Å². The molecule has 0 saturated carbocycles. The molecule has 1 rings (SSSR count). The van der Waals surface area contributed by atoms with E-state index in [1.807, 2.05) is 0 Å². The lowest BCUT2D eigenvalue weighted by molar-refractivity contribution is 0.152. The maximum absolute atomic E-state index is 6.01. The molecule has 3 heteroatoms. The van der Waals surface area contributed by atoms with E-state index in [-0.39, 0.29) is 0 Å². The van der Waals surface area contributed by atoms with E-state index in [2.05, 4.69) is 13.8 Å². The Bertz CT molecular complexity index is 117. The summed E-state index contributed by atoms with van der Waals surface area (Å²) >= 11 is -1.24. The molecule has 0 bridgehead atoms. The number of hydrogen-bond donors (Lipinski definition) is 0. The molecule has 1 heterocycles. The van der Waals surface area contributed by atoms with Gasteiger partial charge in [0.2, 0.25) is 0 Å². The fourth-order valence-corrected chi connectivity index (χ4v) is 3.81. The molecule has 0 spiro atoms. The Kier molecular flexibility index (Phi) is 4.24. The van der Waals surface area contributed by atoms with Crippen molar-refractivity contribution >= 4 is 23.6 Å². The highest BCUT2D eigenvalue weighted by molar-refractivity contribution is 7.03. The summed E-state index contributed by atoms with van der Waals surface area (Å²) in [4.78, 5) is 0. The Morgan fingerprint density at radius 1 is 1.64 bits per heavy atom. The van der Waals surface area contributed by atoms with Crippen molar-refractivity contribution < 1.29 is 3.79 Å². The lowest BCUT2D eigenvalue weighted by Gasteiger charge is -2.26. The molecule has 0 amide bonds. The molecule has 1 atom stereocenters. The molecular weight excluding hydrogens is 175 g/mol. The molecule has 1 aliphatic rings. The zero-order chi connectivity index (χ0) is 8.27. The van der Waals surface area contributed by atoms with Crippen LogP contribution in [0, 0.1) is 5.92 Å². The summed E-state index contributed by atoms with van der Waals surface area (Å²) in [6.45, 7) is 4.48. The lowest BCUT2D eigenvalue weighted by Crippen LogP contribution is -2.27. The van der Waals surface area contributed by atoms with Gasteiger partial charge in [-0.2, -0.15) is 0 Å². The molecule has 1 unspecified atom stereocenters. The summed E-state index contributed by atoms with van der Waals surface area (Å²) in [6.07, 6.45) is 4.19. The quantitative estimate of drug-likeness (QED) is 0.609. The SMILES string of the molecule is CC(C)CC1CC[CH2][Al]([Cl])[O]1. The maximum Gasteiger partial charge on any atom is 0.591 e. The number of rotatable bonds is 2. The van der Waals surface area contributed by atoms with Gasteiger partial charge in [0.25, 0.3) is 0 Å². The van der Waals surface area contributed by atoms with Crippen molar-refractivity contribution in [3.8, 4) is 0 Å². The summed E-state index contributed by atoms with van der Waals surface area (Å²) in [5, 5.41) is 1.16. The predicted molar refractivity (Wildman–Crippen MR) is 50.0 cm³/mol. The van der Waals surface area contributed by atoms with Gasteiger partial charge < -0.3 is 3.79 Å². The molecular formula is C8H16AlClO. The van der Waals surface area contributed by atoms with Crippen LogP contribution in [0.1, 0.15) is 33.1 Å². The Hall–Kier alpha value is 0.782. The van der Waals surface area contributed by atoms with Crippen molar-refractivity contribution in [3.05, 3.63) is 0 Å². The molecule has 64 valence electrons. The Labute approximate surface area is 78.0 Å². The smallest absolute Gasteiger partial charge is 0.486 e. The number of halogens is 1. The van der Waals surface area contributed by atoms with Gasteiger partial charge in [-0.25, -0.2) is 10.0 Å². The van der Waals surface area contributed by atoms with Gasteiger partial charge >= 0.3 is 13.6 Å². The van der Waals surface area contributed by atoms with Crippen LogP contribution in [0.5, 0.6) is 0 Å². The van der Waals surface area contributed by atoms with Crippen molar-refractivity contribution in [2.24, 2.45) is 5.92 Å². The van der Waals surface area contributed by atoms with Crippen molar-refractivity contribution in [1.82, 2.24) is 0 Å². The van der Waals surface area contributed by atoms with Crippen molar-refractivity contribution in [1.29, 1.82) is 0 Å². The van der Waals surface area contributed by atoms with Crippen LogP contribution in [0.4, 0.5) is 0 Å². The summed E-state index contributed by atoms with van der Waals surface area (Å²) in [6, 6.07) is 0. The second kappa shape index (κ2) is 4.72. The zero-order valence-electron chi connectivity index (χ0n) is 7.35. The zero-order valence-corrected chi connectivity index (χ0v) is 9.26. The van der Waals surface area contributed by atoms with Gasteiger partial charge in [0.1, 0.15) is 0 Å². The van der Waals surface area contributed by atoms with E-state index in [1.165, 1.54) is 19.3 Å². The van der Waals surface area contributed by atoms with Crippen molar-refractivity contribution in [2.45, 2.75) is 44.5 Å². The second-order valence-electron chi connectivity index (χ2n) is 3.73. The van der Waals surface area contributed by atoms with Crippen LogP contribution >= 0.6 is 10.0 Å². The van der Waals surface area contributed by atoms with Crippen LogP contribution in [0.15, 0.2) is 0 Å². The van der Waals surface area contributed by atoms with Crippen LogP contribution in [-0.2, 0) is 3.79 Å². The highest BCUT2D eigenvalue weighted by atomic mass is 35.6. The third-order valence-corrected chi connectivity index (χ3v) is 4.54. The minimum atomic E-state index is -1.24. The molecule has 0 aromatic carbocycles. The Morgan fingerprint density at radius 2 is 2.36 bits per heavy atom. The fraction of sp³-hybridized carbons (Fsp3) is 1.00. The van der Waals surface area contributed by atoms with E-state index in [9.17, 15) is 0 Å². The van der Waals surface area contributed by atoms with Gasteiger partial charge in [0.15, 0.2) is 0 Å². The second-order valence-corrected chi connectivity index (χ2v) is 6.86. The standard InChI is InChI=1S/C8H16O.Al.ClH/c1-4-5-8(9)6-7(2)3;;/h7-8H,1,4-6H2,2-3H3;;1H/q-1;+2;/p-1. The summed E-state index contributed by atoms with van der Waals surface area (Å²) in [5.41, 5.74) is 0. The van der Waals surface area contributed by atoms with Gasteiger partial charge in [-0.15, -0.1) is 0 Å². The molecule has 0 aromatic rings. The Morgan fingerprint density at radius 3 is 2.91 bits per heavy atom. The Balaban J connectivity index is 2.23. The van der Waals surface area contributed by atoms with Gasteiger partial charge in [-0.3, -0.25) is 0 Å². The van der Waals surface area contributed by atoms with E-state index < -0.39 is 13.6 Å². The fourth-order valence-electron chi connectivity index (χ4n) is 1.55. The van der Waals surface area contributed by atoms with Gasteiger partial charge in [-0.1, -0.05) is 25.6 Å². The lowest BCUT2D eigenvalue weighted by atomic mass is 10.0. The van der Waals surface area contributed by atoms with E-state index in [4.69, 9.17) is 13.8 Å². The van der Waals surface area contributed by atoms with E-state index in [1.54, 1.807) is 0 Å². The highest BCUT2D eigenvalue weighted by Gasteiger charge is 2.27. The van der Waals surface area contributed by atoms with Crippen molar-refractivity contribution in [3.63, 3.8) is 0 Å². The summed E-state index contributed by atoms with van der Waals surface area (Å²) in [5.74, 6) is 0.746. The van der Waals surface area contributed by atoms with Crippen LogP contribution in [-0.4, -0.2) is 19.7 Å². The normalized spacial score (nSPS) is 26.2. The van der Waals surface area contributed by atoms with Crippen LogP contribution in [0.2, 0.25) is 5.28 Å². The average molecular weight is 191 g/mol. The monoisotopic (exact) mass is 190 g/mol. The van der Waals surface area contributed by atoms with Crippen LogP contribution in [0.3, 0.4) is 0 Å². The maximum atomic E-state index is 6.01. The largest absolute Gasteiger partial charge is 0.591 e. The predicted octanol–water partition coefficient (Wildman–Crippen LogP) is 2.94. The topological polar surface area (TPSA) is 9.23 Å². The first-order valence-electron chi connectivity index (χ1n) is 4.48. The van der Waals surface area contributed by atoms with Crippen LogP contribution < -0.4 is 0 Å². The van der Waals surface area contributed by atoms with Crippen molar-refractivity contribution in [2.75, 3.05) is 0 Å².